The van der Waals surface area contributed by atoms with Crippen molar-refractivity contribution in [3.05, 3.63) is 34.6 Å². The first-order chi connectivity index (χ1) is 6.74. The Labute approximate surface area is 87.7 Å². The predicted molar refractivity (Wildman–Crippen MR) is 55.1 cm³/mol. The van der Waals surface area contributed by atoms with Gasteiger partial charge in [0.2, 0.25) is 0 Å². The molecule has 2 nitrogen and oxygen atoms in total. The molecule has 0 radical (unpaired) electrons. The van der Waals surface area contributed by atoms with Crippen LogP contribution in [0.4, 0.5) is 4.39 Å². The van der Waals surface area contributed by atoms with Gasteiger partial charge in [-0.2, -0.15) is 0 Å². The average Bonchev–Trinajstić information content (AvgIpc) is 2.18. The molecule has 1 aromatic rings. The van der Waals surface area contributed by atoms with Crippen molar-refractivity contribution in [2.45, 2.75) is 6.42 Å². The fourth-order valence-electron chi connectivity index (χ4n) is 1.13. The van der Waals surface area contributed by atoms with Gasteiger partial charge in [0.05, 0.1) is 11.6 Å². The highest BCUT2D eigenvalue weighted by Gasteiger charge is 2.00. The van der Waals surface area contributed by atoms with Crippen LogP contribution in [-0.4, -0.2) is 24.8 Å². The predicted octanol–water partition coefficient (Wildman–Crippen LogP) is 1.60. The Morgan fingerprint density at radius 2 is 2.14 bits per heavy atom. The molecule has 0 aromatic heterocycles. The largest absolute Gasteiger partial charge is 0.395 e. The molecule has 4 heteroatoms. The molecule has 14 heavy (non-hydrogen) atoms. The summed E-state index contributed by atoms with van der Waals surface area (Å²) in [6, 6.07) is 4.70. The zero-order chi connectivity index (χ0) is 10.4. The van der Waals surface area contributed by atoms with Crippen LogP contribution >= 0.6 is 11.6 Å². The van der Waals surface area contributed by atoms with Crippen molar-refractivity contribution in [3.8, 4) is 0 Å². The Morgan fingerprint density at radius 1 is 1.36 bits per heavy atom. The summed E-state index contributed by atoms with van der Waals surface area (Å²) >= 11 is 5.62. The normalized spacial score (nSPS) is 10.5. The van der Waals surface area contributed by atoms with E-state index in [1.54, 1.807) is 12.1 Å². The maximum atomic E-state index is 12.8. The van der Waals surface area contributed by atoms with Crippen molar-refractivity contribution < 1.29 is 9.50 Å². The van der Waals surface area contributed by atoms with Gasteiger partial charge >= 0.3 is 0 Å². The number of aliphatic hydroxyl groups excluding tert-OH is 1. The van der Waals surface area contributed by atoms with E-state index in [1.165, 1.54) is 6.07 Å². The van der Waals surface area contributed by atoms with Gasteiger partial charge in [0.1, 0.15) is 5.82 Å². The SMILES string of the molecule is OCCNCCc1ccc(F)c(Cl)c1. The van der Waals surface area contributed by atoms with Gasteiger partial charge in [-0.25, -0.2) is 4.39 Å². The maximum Gasteiger partial charge on any atom is 0.141 e. The van der Waals surface area contributed by atoms with Gasteiger partial charge in [-0.05, 0) is 30.7 Å². The fraction of sp³-hybridized carbons (Fsp3) is 0.400. The number of hydrogen-bond acceptors (Lipinski definition) is 2. The second kappa shape index (κ2) is 5.96. The summed E-state index contributed by atoms with van der Waals surface area (Å²) in [6.07, 6.45) is 0.778. The van der Waals surface area contributed by atoms with Gasteiger partial charge in [0.25, 0.3) is 0 Å². The third-order valence-corrected chi connectivity index (χ3v) is 2.15. The smallest absolute Gasteiger partial charge is 0.141 e. The van der Waals surface area contributed by atoms with Crippen LogP contribution in [0.1, 0.15) is 5.56 Å². The molecular formula is C10H13ClFNO. The zero-order valence-electron chi connectivity index (χ0n) is 7.76. The van der Waals surface area contributed by atoms with E-state index in [0.29, 0.717) is 6.54 Å². The molecule has 0 aliphatic carbocycles. The molecule has 1 aromatic carbocycles. The lowest BCUT2D eigenvalue weighted by Gasteiger charge is -2.03. The quantitative estimate of drug-likeness (QED) is 0.735. The molecule has 78 valence electrons. The number of nitrogens with one attached hydrogen (secondary N) is 1. The number of hydrogen-bond donors (Lipinski definition) is 2. The fourth-order valence-corrected chi connectivity index (χ4v) is 1.34. The Balaban J connectivity index is 2.39. The van der Waals surface area contributed by atoms with Crippen molar-refractivity contribution >= 4 is 11.6 Å². The molecule has 0 saturated heterocycles. The molecule has 0 atom stereocenters. The summed E-state index contributed by atoms with van der Waals surface area (Å²) in [7, 11) is 0. The second-order valence-electron chi connectivity index (χ2n) is 2.97. The zero-order valence-corrected chi connectivity index (χ0v) is 8.52. The van der Waals surface area contributed by atoms with Crippen LogP contribution in [-0.2, 0) is 6.42 Å². The van der Waals surface area contributed by atoms with Gasteiger partial charge < -0.3 is 10.4 Å². The third kappa shape index (κ3) is 3.62. The van der Waals surface area contributed by atoms with Crippen LogP contribution in [0.25, 0.3) is 0 Å². The second-order valence-corrected chi connectivity index (χ2v) is 3.38. The highest BCUT2D eigenvalue weighted by Crippen LogP contribution is 2.15. The van der Waals surface area contributed by atoms with Gasteiger partial charge in [0, 0.05) is 6.54 Å². The third-order valence-electron chi connectivity index (χ3n) is 1.86. The molecule has 0 spiro atoms. The van der Waals surface area contributed by atoms with Gasteiger partial charge in [-0.3, -0.25) is 0 Å². The molecule has 0 aliphatic heterocycles. The molecule has 1 rings (SSSR count). The first-order valence-electron chi connectivity index (χ1n) is 4.49. The molecule has 0 saturated carbocycles. The lowest BCUT2D eigenvalue weighted by Crippen LogP contribution is -2.20. The first kappa shape index (κ1) is 11.4. The number of halogens is 2. The van der Waals surface area contributed by atoms with E-state index in [0.717, 1.165) is 18.5 Å². The van der Waals surface area contributed by atoms with Crippen LogP contribution in [0.5, 0.6) is 0 Å². The highest BCUT2D eigenvalue weighted by molar-refractivity contribution is 6.30. The van der Waals surface area contributed by atoms with Crippen LogP contribution in [0, 0.1) is 5.82 Å². The van der Waals surface area contributed by atoms with E-state index < -0.39 is 5.82 Å². The molecular weight excluding hydrogens is 205 g/mol. The van der Waals surface area contributed by atoms with Gasteiger partial charge in [0.15, 0.2) is 0 Å². The number of aliphatic hydroxyl groups is 1. The topological polar surface area (TPSA) is 32.3 Å². The summed E-state index contributed by atoms with van der Waals surface area (Å²) in [5.74, 6) is -0.390. The van der Waals surface area contributed by atoms with Crippen LogP contribution in [0.2, 0.25) is 5.02 Å². The van der Waals surface area contributed by atoms with E-state index in [1.807, 2.05) is 0 Å². The lowest BCUT2D eigenvalue weighted by molar-refractivity contribution is 0.293. The first-order valence-corrected chi connectivity index (χ1v) is 4.87. The van der Waals surface area contributed by atoms with Crippen LogP contribution < -0.4 is 5.32 Å². The standard InChI is InChI=1S/C10H13ClFNO/c11-9-7-8(1-2-10(9)12)3-4-13-5-6-14/h1-2,7,13-14H,3-6H2. The minimum absolute atomic E-state index is 0.129. The summed E-state index contributed by atoms with van der Waals surface area (Å²) in [5.41, 5.74) is 0.988. The molecule has 0 unspecified atom stereocenters. The average molecular weight is 218 g/mol. The van der Waals surface area contributed by atoms with Crippen LogP contribution in [0.3, 0.4) is 0 Å². The van der Waals surface area contributed by atoms with E-state index in [4.69, 9.17) is 16.7 Å². The Bertz CT molecular complexity index is 293. The van der Waals surface area contributed by atoms with Gasteiger partial charge in [-0.15, -0.1) is 0 Å². The van der Waals surface area contributed by atoms with E-state index in [2.05, 4.69) is 5.32 Å². The van der Waals surface area contributed by atoms with Crippen LogP contribution in [0.15, 0.2) is 18.2 Å². The molecule has 0 heterocycles. The lowest BCUT2D eigenvalue weighted by atomic mass is 10.1. The van der Waals surface area contributed by atoms with Crippen molar-refractivity contribution in [1.29, 1.82) is 0 Å². The Hall–Kier alpha value is -0.640. The summed E-state index contributed by atoms with van der Waals surface area (Å²) in [4.78, 5) is 0. The molecule has 0 bridgehead atoms. The Kier molecular flexibility index (Phi) is 4.87. The molecule has 0 aliphatic rings. The summed E-state index contributed by atoms with van der Waals surface area (Å²) < 4.78 is 12.8. The minimum atomic E-state index is -0.390. The summed E-state index contributed by atoms with van der Waals surface area (Å²) in [6.45, 7) is 1.46. The molecule has 0 amide bonds. The van der Waals surface area contributed by atoms with Crippen molar-refractivity contribution in [3.63, 3.8) is 0 Å². The number of benzene rings is 1. The summed E-state index contributed by atoms with van der Waals surface area (Å²) in [5, 5.41) is 11.7. The maximum absolute atomic E-state index is 12.8. The number of rotatable bonds is 5. The minimum Gasteiger partial charge on any atom is -0.395 e. The van der Waals surface area contributed by atoms with Crippen molar-refractivity contribution in [2.75, 3.05) is 19.7 Å². The Morgan fingerprint density at radius 3 is 2.79 bits per heavy atom. The van der Waals surface area contributed by atoms with Gasteiger partial charge in [-0.1, -0.05) is 17.7 Å². The molecule has 2 N–H and O–H groups in total. The van der Waals surface area contributed by atoms with E-state index in [9.17, 15) is 4.39 Å². The highest BCUT2D eigenvalue weighted by atomic mass is 35.5. The molecule has 0 fully saturated rings. The van der Waals surface area contributed by atoms with Crippen molar-refractivity contribution in [2.24, 2.45) is 0 Å². The monoisotopic (exact) mass is 217 g/mol. The van der Waals surface area contributed by atoms with E-state index >= 15 is 0 Å². The van der Waals surface area contributed by atoms with Crippen molar-refractivity contribution in [1.82, 2.24) is 5.32 Å². The van der Waals surface area contributed by atoms with E-state index in [-0.39, 0.29) is 11.6 Å².